The molecule has 1 rings (SSSR count). The standard InChI is InChI=1S/C10H11BrN2O/c11-9-6-8(2-3-10(9)14)7-13-5-1-4-12/h2-3,6,13-14H,1,5,7H2. The van der Waals surface area contributed by atoms with Crippen molar-refractivity contribution in [3.05, 3.63) is 28.2 Å². The highest BCUT2D eigenvalue weighted by Crippen LogP contribution is 2.23. The van der Waals surface area contributed by atoms with Gasteiger partial charge >= 0.3 is 0 Å². The van der Waals surface area contributed by atoms with Crippen molar-refractivity contribution in [1.29, 1.82) is 5.26 Å². The van der Waals surface area contributed by atoms with Gasteiger partial charge < -0.3 is 10.4 Å². The molecule has 0 bridgehead atoms. The van der Waals surface area contributed by atoms with Gasteiger partial charge in [-0.2, -0.15) is 5.26 Å². The highest BCUT2D eigenvalue weighted by Gasteiger charge is 1.98. The Hall–Kier alpha value is -1.05. The summed E-state index contributed by atoms with van der Waals surface area (Å²) in [6.07, 6.45) is 0.513. The number of hydrogen-bond donors (Lipinski definition) is 2. The molecule has 0 radical (unpaired) electrons. The molecule has 3 nitrogen and oxygen atoms in total. The molecule has 0 aliphatic rings. The predicted octanol–water partition coefficient (Wildman–Crippen LogP) is 2.16. The fourth-order valence-electron chi connectivity index (χ4n) is 1.04. The second kappa shape index (κ2) is 5.63. The van der Waals surface area contributed by atoms with Crippen LogP contribution >= 0.6 is 15.9 Å². The van der Waals surface area contributed by atoms with Crippen molar-refractivity contribution >= 4 is 15.9 Å². The lowest BCUT2D eigenvalue weighted by Gasteiger charge is -2.04. The molecule has 2 N–H and O–H groups in total. The van der Waals surface area contributed by atoms with Gasteiger partial charge in [-0.05, 0) is 33.6 Å². The van der Waals surface area contributed by atoms with Crippen molar-refractivity contribution in [3.8, 4) is 11.8 Å². The summed E-state index contributed by atoms with van der Waals surface area (Å²) in [6, 6.07) is 7.41. The third-order valence-electron chi connectivity index (χ3n) is 1.75. The van der Waals surface area contributed by atoms with Gasteiger partial charge in [0.1, 0.15) is 5.75 Å². The van der Waals surface area contributed by atoms with Crippen LogP contribution in [0.4, 0.5) is 0 Å². The summed E-state index contributed by atoms with van der Waals surface area (Å²) in [4.78, 5) is 0. The first-order valence-electron chi connectivity index (χ1n) is 4.29. The molecule has 0 fully saturated rings. The van der Waals surface area contributed by atoms with Crippen LogP contribution in [0.2, 0.25) is 0 Å². The zero-order valence-electron chi connectivity index (χ0n) is 7.63. The summed E-state index contributed by atoms with van der Waals surface area (Å²) in [5, 5.41) is 20.7. The maximum Gasteiger partial charge on any atom is 0.129 e. The van der Waals surface area contributed by atoms with E-state index in [0.29, 0.717) is 24.0 Å². The molecule has 1 aromatic rings. The van der Waals surface area contributed by atoms with Crippen LogP contribution in [0.25, 0.3) is 0 Å². The van der Waals surface area contributed by atoms with Crippen LogP contribution in [-0.4, -0.2) is 11.7 Å². The van der Waals surface area contributed by atoms with Gasteiger partial charge in [0.15, 0.2) is 0 Å². The van der Waals surface area contributed by atoms with E-state index in [2.05, 4.69) is 27.3 Å². The van der Waals surface area contributed by atoms with E-state index in [1.165, 1.54) is 0 Å². The van der Waals surface area contributed by atoms with Crippen LogP contribution in [0.3, 0.4) is 0 Å². The van der Waals surface area contributed by atoms with E-state index >= 15 is 0 Å². The molecule has 0 amide bonds. The highest BCUT2D eigenvalue weighted by molar-refractivity contribution is 9.10. The first-order chi connectivity index (χ1) is 6.74. The molecule has 1 aromatic carbocycles. The molecule has 0 saturated heterocycles. The second-order valence-corrected chi connectivity index (χ2v) is 3.72. The number of rotatable bonds is 4. The monoisotopic (exact) mass is 254 g/mol. The van der Waals surface area contributed by atoms with Crippen molar-refractivity contribution in [2.45, 2.75) is 13.0 Å². The van der Waals surface area contributed by atoms with Gasteiger partial charge in [0.2, 0.25) is 0 Å². The van der Waals surface area contributed by atoms with Gasteiger partial charge in [-0.25, -0.2) is 0 Å². The van der Waals surface area contributed by atoms with Gasteiger partial charge in [0.05, 0.1) is 10.5 Å². The third-order valence-corrected chi connectivity index (χ3v) is 2.39. The molecule has 74 valence electrons. The van der Waals surface area contributed by atoms with Crippen molar-refractivity contribution in [2.75, 3.05) is 6.54 Å². The first-order valence-corrected chi connectivity index (χ1v) is 5.08. The van der Waals surface area contributed by atoms with Crippen LogP contribution in [0.15, 0.2) is 22.7 Å². The van der Waals surface area contributed by atoms with Crippen LogP contribution in [0, 0.1) is 11.3 Å². The van der Waals surface area contributed by atoms with Crippen molar-refractivity contribution < 1.29 is 5.11 Å². The highest BCUT2D eigenvalue weighted by atomic mass is 79.9. The number of hydrogen-bond acceptors (Lipinski definition) is 3. The average molecular weight is 255 g/mol. The second-order valence-electron chi connectivity index (χ2n) is 2.87. The quantitative estimate of drug-likeness (QED) is 0.810. The fourth-order valence-corrected chi connectivity index (χ4v) is 1.46. The van der Waals surface area contributed by atoms with E-state index in [1.54, 1.807) is 6.07 Å². The molecule has 4 heteroatoms. The lowest BCUT2D eigenvalue weighted by Crippen LogP contribution is -2.13. The first kappa shape index (κ1) is 11.0. The lowest BCUT2D eigenvalue weighted by molar-refractivity contribution is 0.471. The zero-order chi connectivity index (χ0) is 10.4. The Labute approximate surface area is 91.5 Å². The van der Waals surface area contributed by atoms with Gasteiger partial charge in [0.25, 0.3) is 0 Å². The maximum absolute atomic E-state index is 9.24. The average Bonchev–Trinajstić information content (AvgIpc) is 2.18. The van der Waals surface area contributed by atoms with E-state index in [4.69, 9.17) is 5.26 Å². The maximum atomic E-state index is 9.24. The minimum absolute atomic E-state index is 0.241. The Bertz CT molecular complexity index is 346. The number of nitrogens with one attached hydrogen (secondary N) is 1. The number of phenols is 1. The molecule has 0 saturated carbocycles. The summed E-state index contributed by atoms with van der Waals surface area (Å²) >= 11 is 3.24. The largest absolute Gasteiger partial charge is 0.507 e. The molecular formula is C10H11BrN2O. The lowest BCUT2D eigenvalue weighted by atomic mass is 10.2. The molecule has 0 atom stereocenters. The number of aromatic hydroxyl groups is 1. The van der Waals surface area contributed by atoms with E-state index in [9.17, 15) is 5.11 Å². The van der Waals surface area contributed by atoms with Crippen LogP contribution < -0.4 is 5.32 Å². The van der Waals surface area contributed by atoms with Crippen molar-refractivity contribution in [1.82, 2.24) is 5.32 Å². The molecule has 0 aliphatic carbocycles. The van der Waals surface area contributed by atoms with Gasteiger partial charge in [-0.3, -0.25) is 0 Å². The Kier molecular flexibility index (Phi) is 4.44. The SMILES string of the molecule is N#CCCNCc1ccc(O)c(Br)c1. The Morgan fingerprint density at radius 1 is 1.50 bits per heavy atom. The number of benzene rings is 1. The van der Waals surface area contributed by atoms with Crippen LogP contribution in [-0.2, 0) is 6.54 Å². The third kappa shape index (κ3) is 3.36. The topological polar surface area (TPSA) is 56.0 Å². The Balaban J connectivity index is 2.44. The summed E-state index contributed by atoms with van der Waals surface area (Å²) in [7, 11) is 0. The smallest absolute Gasteiger partial charge is 0.129 e. The van der Waals surface area contributed by atoms with E-state index in [-0.39, 0.29) is 5.75 Å². The summed E-state index contributed by atoms with van der Waals surface area (Å²) in [5.74, 6) is 0.241. The minimum atomic E-state index is 0.241. The summed E-state index contributed by atoms with van der Waals surface area (Å²) < 4.78 is 0.692. The van der Waals surface area contributed by atoms with Crippen molar-refractivity contribution in [3.63, 3.8) is 0 Å². The van der Waals surface area contributed by atoms with Gasteiger partial charge in [-0.15, -0.1) is 0 Å². The molecule has 14 heavy (non-hydrogen) atoms. The van der Waals surface area contributed by atoms with E-state index < -0.39 is 0 Å². The molecule has 0 aliphatic heterocycles. The predicted molar refractivity (Wildman–Crippen MR) is 57.7 cm³/mol. The molecule has 0 aromatic heterocycles. The van der Waals surface area contributed by atoms with Gasteiger partial charge in [-0.1, -0.05) is 6.07 Å². The number of halogens is 1. The summed E-state index contributed by atoms with van der Waals surface area (Å²) in [6.45, 7) is 1.40. The molecule has 0 heterocycles. The Morgan fingerprint density at radius 2 is 2.29 bits per heavy atom. The summed E-state index contributed by atoms with van der Waals surface area (Å²) in [5.41, 5.74) is 1.08. The van der Waals surface area contributed by atoms with Crippen molar-refractivity contribution in [2.24, 2.45) is 0 Å². The Morgan fingerprint density at radius 3 is 2.93 bits per heavy atom. The fraction of sp³-hybridized carbons (Fsp3) is 0.300. The number of phenolic OH excluding ortho intramolecular Hbond substituents is 1. The molecular weight excluding hydrogens is 244 g/mol. The number of nitriles is 1. The van der Waals surface area contributed by atoms with E-state index in [1.807, 2.05) is 12.1 Å². The van der Waals surface area contributed by atoms with Crippen LogP contribution in [0.5, 0.6) is 5.75 Å². The number of nitrogens with zero attached hydrogens (tertiary/aromatic N) is 1. The molecule has 0 spiro atoms. The van der Waals surface area contributed by atoms with E-state index in [0.717, 1.165) is 5.56 Å². The zero-order valence-corrected chi connectivity index (χ0v) is 9.21. The van der Waals surface area contributed by atoms with Gasteiger partial charge in [0, 0.05) is 19.5 Å². The normalized spacial score (nSPS) is 9.71. The van der Waals surface area contributed by atoms with Crippen LogP contribution in [0.1, 0.15) is 12.0 Å². The minimum Gasteiger partial charge on any atom is -0.507 e. The molecule has 0 unspecified atom stereocenters.